The number of nitrogens with two attached hydrogens (primary N) is 1. The highest BCUT2D eigenvalue weighted by Gasteiger charge is 2.12. The third-order valence-electron chi connectivity index (χ3n) is 1.92. The molecule has 0 saturated heterocycles. The van der Waals surface area contributed by atoms with Gasteiger partial charge in [-0.05, 0) is 22.0 Å². The molecule has 0 unspecified atom stereocenters. The van der Waals surface area contributed by atoms with E-state index in [9.17, 15) is 4.79 Å². The van der Waals surface area contributed by atoms with E-state index < -0.39 is 5.97 Å². The zero-order valence-corrected chi connectivity index (χ0v) is 9.48. The van der Waals surface area contributed by atoms with Gasteiger partial charge in [-0.15, -0.1) is 0 Å². The molecule has 15 heavy (non-hydrogen) atoms. The maximum atomic E-state index is 11.2. The van der Waals surface area contributed by atoms with E-state index in [1.165, 1.54) is 7.11 Å². The average molecular weight is 270 g/mol. The fourth-order valence-electron chi connectivity index (χ4n) is 1.28. The zero-order chi connectivity index (χ0) is 11.0. The number of aromatic nitrogens is 2. The molecule has 6 heteroatoms. The van der Waals surface area contributed by atoms with Crippen LogP contribution in [0.5, 0.6) is 0 Å². The molecule has 0 aliphatic rings. The van der Waals surface area contributed by atoms with Crippen molar-refractivity contribution in [3.05, 3.63) is 28.6 Å². The number of imidazole rings is 1. The third kappa shape index (κ3) is 1.68. The van der Waals surface area contributed by atoms with E-state index in [2.05, 4.69) is 25.7 Å². The second-order valence-electron chi connectivity index (χ2n) is 2.97. The van der Waals surface area contributed by atoms with Crippen molar-refractivity contribution in [2.24, 2.45) is 0 Å². The Morgan fingerprint density at radius 1 is 1.60 bits per heavy atom. The molecule has 2 rings (SSSR count). The molecule has 0 amide bonds. The minimum absolute atomic E-state index is 0.254. The number of anilines is 1. The maximum absolute atomic E-state index is 11.2. The molecular formula is C9H8BrN3O2. The summed E-state index contributed by atoms with van der Waals surface area (Å²) in [6.07, 6.45) is 3.25. The average Bonchev–Trinajstić information content (AvgIpc) is 2.60. The molecule has 2 aromatic heterocycles. The minimum atomic E-state index is -0.468. The molecule has 0 radical (unpaired) electrons. The first kappa shape index (κ1) is 9.97. The van der Waals surface area contributed by atoms with Crippen LogP contribution in [0.25, 0.3) is 5.65 Å². The summed E-state index contributed by atoms with van der Waals surface area (Å²) in [4.78, 5) is 15.3. The van der Waals surface area contributed by atoms with E-state index in [0.717, 1.165) is 4.47 Å². The van der Waals surface area contributed by atoms with E-state index in [0.29, 0.717) is 11.3 Å². The van der Waals surface area contributed by atoms with Crippen LogP contribution in [0.1, 0.15) is 10.5 Å². The van der Waals surface area contributed by atoms with Crippen molar-refractivity contribution >= 4 is 33.2 Å². The first-order valence-corrected chi connectivity index (χ1v) is 4.93. The predicted molar refractivity (Wildman–Crippen MR) is 58.6 cm³/mol. The van der Waals surface area contributed by atoms with Gasteiger partial charge in [0.25, 0.3) is 0 Å². The van der Waals surface area contributed by atoms with Crippen LogP contribution >= 0.6 is 15.9 Å². The number of hydrogen-bond donors (Lipinski definition) is 1. The van der Waals surface area contributed by atoms with Crippen LogP contribution in [-0.2, 0) is 4.74 Å². The van der Waals surface area contributed by atoms with Crippen molar-refractivity contribution in [2.75, 3.05) is 12.8 Å². The first-order valence-electron chi connectivity index (χ1n) is 4.14. The number of fused-ring (bicyclic) bond motifs is 1. The topological polar surface area (TPSA) is 69.6 Å². The Balaban J connectivity index is 2.65. The number of esters is 1. The number of nitrogens with zero attached hydrogens (tertiary/aromatic N) is 2. The molecule has 0 fully saturated rings. The predicted octanol–water partition coefficient (Wildman–Crippen LogP) is 1.47. The van der Waals surface area contributed by atoms with Crippen LogP contribution in [0.4, 0.5) is 5.69 Å². The smallest absolute Gasteiger partial charge is 0.358 e. The van der Waals surface area contributed by atoms with Crippen LogP contribution in [0.15, 0.2) is 22.9 Å². The summed E-state index contributed by atoms with van der Waals surface area (Å²) in [7, 11) is 1.32. The molecule has 2 heterocycles. The Morgan fingerprint density at radius 3 is 3.00 bits per heavy atom. The molecule has 0 spiro atoms. The van der Waals surface area contributed by atoms with Crippen molar-refractivity contribution in [3.63, 3.8) is 0 Å². The van der Waals surface area contributed by atoms with Gasteiger partial charge in [-0.2, -0.15) is 0 Å². The molecule has 2 N–H and O–H groups in total. The van der Waals surface area contributed by atoms with Gasteiger partial charge in [0.05, 0.1) is 11.6 Å². The SMILES string of the molecule is COC(=O)c1cn2cc(N)cc(Br)c2n1. The summed E-state index contributed by atoms with van der Waals surface area (Å²) >= 11 is 3.32. The van der Waals surface area contributed by atoms with Crippen molar-refractivity contribution in [1.82, 2.24) is 9.38 Å². The number of ether oxygens (including phenoxy) is 1. The normalized spacial score (nSPS) is 10.5. The lowest BCUT2D eigenvalue weighted by Gasteiger charge is -1.97. The highest BCUT2D eigenvalue weighted by molar-refractivity contribution is 9.10. The summed E-state index contributed by atoms with van der Waals surface area (Å²) in [5.74, 6) is -0.468. The van der Waals surface area contributed by atoms with Gasteiger partial charge in [-0.3, -0.25) is 0 Å². The summed E-state index contributed by atoms with van der Waals surface area (Å²) in [5.41, 5.74) is 7.12. The van der Waals surface area contributed by atoms with Gasteiger partial charge < -0.3 is 14.9 Å². The Labute approximate surface area is 94.0 Å². The quantitative estimate of drug-likeness (QED) is 0.796. The highest BCUT2D eigenvalue weighted by Crippen LogP contribution is 2.20. The van der Waals surface area contributed by atoms with Gasteiger partial charge >= 0.3 is 5.97 Å². The lowest BCUT2D eigenvalue weighted by Crippen LogP contribution is -2.00. The fourth-order valence-corrected chi connectivity index (χ4v) is 1.84. The van der Waals surface area contributed by atoms with E-state index in [4.69, 9.17) is 5.73 Å². The van der Waals surface area contributed by atoms with Crippen LogP contribution in [0.2, 0.25) is 0 Å². The number of halogens is 1. The van der Waals surface area contributed by atoms with Gasteiger partial charge in [-0.25, -0.2) is 9.78 Å². The monoisotopic (exact) mass is 269 g/mol. The second kappa shape index (κ2) is 3.54. The largest absolute Gasteiger partial charge is 0.464 e. The third-order valence-corrected chi connectivity index (χ3v) is 2.51. The molecule has 0 atom stereocenters. The zero-order valence-electron chi connectivity index (χ0n) is 7.90. The number of pyridine rings is 1. The van der Waals surface area contributed by atoms with Crippen molar-refractivity contribution in [3.8, 4) is 0 Å². The van der Waals surface area contributed by atoms with Crippen molar-refractivity contribution < 1.29 is 9.53 Å². The van der Waals surface area contributed by atoms with E-state index in [-0.39, 0.29) is 5.69 Å². The Kier molecular flexibility index (Phi) is 2.36. The Bertz CT molecular complexity index is 535. The molecule has 2 aromatic rings. The van der Waals surface area contributed by atoms with E-state index >= 15 is 0 Å². The minimum Gasteiger partial charge on any atom is -0.464 e. The van der Waals surface area contributed by atoms with Gasteiger partial charge in [0.1, 0.15) is 0 Å². The van der Waals surface area contributed by atoms with Crippen LogP contribution < -0.4 is 5.73 Å². The van der Waals surface area contributed by atoms with Crippen molar-refractivity contribution in [1.29, 1.82) is 0 Å². The molecule has 5 nitrogen and oxygen atoms in total. The molecule has 0 saturated carbocycles. The molecule has 0 aliphatic heterocycles. The molecule has 78 valence electrons. The lowest BCUT2D eigenvalue weighted by atomic mass is 10.4. The van der Waals surface area contributed by atoms with Gasteiger partial charge in [0, 0.05) is 18.1 Å². The number of carbonyl (C=O) groups excluding carboxylic acids is 1. The summed E-state index contributed by atoms with van der Waals surface area (Å²) in [6, 6.07) is 1.73. The Morgan fingerprint density at radius 2 is 2.33 bits per heavy atom. The summed E-state index contributed by atoms with van der Waals surface area (Å²) < 4.78 is 6.98. The number of methoxy groups -OCH3 is 1. The van der Waals surface area contributed by atoms with Gasteiger partial charge in [0.15, 0.2) is 11.3 Å². The number of nitrogen functional groups attached to an aromatic ring is 1. The second-order valence-corrected chi connectivity index (χ2v) is 3.82. The highest BCUT2D eigenvalue weighted by atomic mass is 79.9. The van der Waals surface area contributed by atoms with Crippen LogP contribution in [0, 0.1) is 0 Å². The standard InChI is InChI=1S/C9H8BrN3O2/c1-15-9(14)7-4-13-3-5(11)2-6(10)8(13)12-7/h2-4H,11H2,1H3. The molecule has 0 aliphatic carbocycles. The number of carbonyl (C=O) groups is 1. The fraction of sp³-hybridized carbons (Fsp3) is 0.111. The number of hydrogen-bond acceptors (Lipinski definition) is 4. The van der Waals surface area contributed by atoms with E-state index in [1.54, 1.807) is 22.9 Å². The summed E-state index contributed by atoms with van der Waals surface area (Å²) in [6.45, 7) is 0. The van der Waals surface area contributed by atoms with E-state index in [1.807, 2.05) is 0 Å². The molecule has 0 bridgehead atoms. The maximum Gasteiger partial charge on any atom is 0.358 e. The Hall–Kier alpha value is -1.56. The lowest BCUT2D eigenvalue weighted by molar-refractivity contribution is 0.0595. The van der Waals surface area contributed by atoms with Gasteiger partial charge in [-0.1, -0.05) is 0 Å². The summed E-state index contributed by atoms with van der Waals surface area (Å²) in [5, 5.41) is 0. The first-order chi connectivity index (χ1) is 7.11. The van der Waals surface area contributed by atoms with Crippen LogP contribution in [0.3, 0.4) is 0 Å². The van der Waals surface area contributed by atoms with Crippen LogP contribution in [-0.4, -0.2) is 22.5 Å². The number of rotatable bonds is 1. The van der Waals surface area contributed by atoms with Gasteiger partial charge in [0.2, 0.25) is 0 Å². The molecule has 0 aromatic carbocycles. The van der Waals surface area contributed by atoms with Crippen molar-refractivity contribution in [2.45, 2.75) is 0 Å². The molecular weight excluding hydrogens is 262 g/mol.